The van der Waals surface area contributed by atoms with Gasteiger partial charge in [0.2, 0.25) is 0 Å². The van der Waals surface area contributed by atoms with Crippen LogP contribution in [0.4, 0.5) is 0 Å². The molecule has 2 saturated heterocycles. The summed E-state index contributed by atoms with van der Waals surface area (Å²) < 4.78 is 9.89. The number of ether oxygens (including phenoxy) is 2. The summed E-state index contributed by atoms with van der Waals surface area (Å²) in [4.78, 5) is 48.5. The summed E-state index contributed by atoms with van der Waals surface area (Å²) in [6.45, 7) is 0. The van der Waals surface area contributed by atoms with Gasteiger partial charge in [-0.3, -0.25) is 19.2 Å². The number of rotatable bonds is 0. The Bertz CT molecular complexity index is 727. The Kier molecular flexibility index (Phi) is 2.61. The maximum atomic E-state index is 12.4. The molecule has 2 aliphatic heterocycles. The quantitative estimate of drug-likeness (QED) is 0.487. The normalized spacial score (nSPS) is 55.4. The summed E-state index contributed by atoms with van der Waals surface area (Å²) >= 11 is 0. The van der Waals surface area contributed by atoms with Gasteiger partial charge in [-0.05, 0) is 67.1 Å². The van der Waals surface area contributed by atoms with Crippen LogP contribution in [-0.4, -0.2) is 23.9 Å². The van der Waals surface area contributed by atoms with Gasteiger partial charge in [-0.15, -0.1) is 0 Å². The van der Waals surface area contributed by atoms with Crippen LogP contribution in [0.5, 0.6) is 0 Å². The Morgan fingerprint density at radius 3 is 2.28 bits per heavy atom. The fraction of sp³-hybridized carbons (Fsp3) is 0.789. The molecule has 7 fully saturated rings. The number of hydrogen-bond acceptors (Lipinski definition) is 6. The summed E-state index contributed by atoms with van der Waals surface area (Å²) in [5, 5.41) is 0. The Labute approximate surface area is 144 Å². The van der Waals surface area contributed by atoms with E-state index in [4.69, 9.17) is 9.47 Å². The van der Waals surface area contributed by atoms with Crippen molar-refractivity contribution in [1.82, 2.24) is 0 Å². The minimum absolute atomic E-state index is 0.0691. The first-order valence-corrected chi connectivity index (χ1v) is 9.54. The summed E-state index contributed by atoms with van der Waals surface area (Å²) in [5.41, 5.74) is 0. The summed E-state index contributed by atoms with van der Waals surface area (Å²) in [5.74, 6) is -0.0315. The van der Waals surface area contributed by atoms with Gasteiger partial charge >= 0.3 is 23.9 Å². The molecule has 0 aromatic heterocycles. The van der Waals surface area contributed by atoms with E-state index in [0.29, 0.717) is 30.1 Å². The average molecular weight is 344 g/mol. The largest absolute Gasteiger partial charge is 0.393 e. The lowest BCUT2D eigenvalue weighted by molar-refractivity contribution is -0.189. The van der Waals surface area contributed by atoms with E-state index < -0.39 is 5.97 Å². The van der Waals surface area contributed by atoms with Crippen LogP contribution in [0.1, 0.15) is 32.1 Å². The molecule has 0 aromatic carbocycles. The smallest absolute Gasteiger partial charge is 0.317 e. The molecular formula is C19H20O6. The Morgan fingerprint density at radius 1 is 0.680 bits per heavy atom. The number of hydrogen-bond donors (Lipinski definition) is 0. The van der Waals surface area contributed by atoms with Gasteiger partial charge in [-0.1, -0.05) is 0 Å². The van der Waals surface area contributed by atoms with Crippen molar-refractivity contribution in [2.24, 2.45) is 59.2 Å². The molecule has 25 heavy (non-hydrogen) atoms. The molecular weight excluding hydrogens is 324 g/mol. The van der Waals surface area contributed by atoms with E-state index in [-0.39, 0.29) is 53.4 Å². The highest BCUT2D eigenvalue weighted by atomic mass is 16.6. The fourth-order valence-electron chi connectivity index (χ4n) is 8.02. The molecule has 2 bridgehead atoms. The molecule has 6 heteroatoms. The SMILES string of the molecule is O=C1CC2C3CCC(C4CC5CC6C(=O)OC(=O)C6C5C34)C2C(=O)O1. The third-order valence-electron chi connectivity index (χ3n) is 8.48. The van der Waals surface area contributed by atoms with Gasteiger partial charge in [0.05, 0.1) is 17.8 Å². The number of carbonyl (C=O) groups excluding carboxylic acids is 4. The summed E-state index contributed by atoms with van der Waals surface area (Å²) in [6.07, 6.45) is 4.14. The van der Waals surface area contributed by atoms with Crippen molar-refractivity contribution in [2.75, 3.05) is 0 Å². The first-order valence-electron chi connectivity index (χ1n) is 9.54. The third-order valence-corrected chi connectivity index (χ3v) is 8.48. The van der Waals surface area contributed by atoms with E-state index in [0.717, 1.165) is 25.7 Å². The van der Waals surface area contributed by atoms with Gasteiger partial charge in [0.15, 0.2) is 0 Å². The molecule has 0 N–H and O–H groups in total. The molecule has 132 valence electrons. The van der Waals surface area contributed by atoms with Gasteiger partial charge in [-0.2, -0.15) is 0 Å². The average Bonchev–Trinajstić information content (AvgIpc) is 3.18. The van der Waals surface area contributed by atoms with Crippen LogP contribution >= 0.6 is 0 Å². The van der Waals surface area contributed by atoms with E-state index in [9.17, 15) is 19.2 Å². The number of cyclic esters (lactones) is 4. The predicted molar refractivity (Wildman–Crippen MR) is 80.2 cm³/mol. The monoisotopic (exact) mass is 344 g/mol. The molecule has 10 atom stereocenters. The molecule has 7 aliphatic rings. The first-order chi connectivity index (χ1) is 12.0. The summed E-state index contributed by atoms with van der Waals surface area (Å²) in [6, 6.07) is 0. The maximum absolute atomic E-state index is 12.4. The second kappa shape index (κ2) is 4.51. The summed E-state index contributed by atoms with van der Waals surface area (Å²) in [7, 11) is 0. The van der Waals surface area contributed by atoms with Crippen molar-refractivity contribution in [3.05, 3.63) is 0 Å². The van der Waals surface area contributed by atoms with Crippen molar-refractivity contribution in [3.8, 4) is 0 Å². The molecule has 6 nitrogen and oxygen atoms in total. The van der Waals surface area contributed by atoms with Crippen LogP contribution in [0.15, 0.2) is 0 Å². The van der Waals surface area contributed by atoms with E-state index in [2.05, 4.69) is 0 Å². The predicted octanol–water partition coefficient (Wildman–Crippen LogP) is 1.32. The molecule has 0 aromatic rings. The van der Waals surface area contributed by atoms with E-state index in [1.165, 1.54) is 0 Å². The highest BCUT2D eigenvalue weighted by Gasteiger charge is 2.69. The Hall–Kier alpha value is -1.72. The minimum atomic E-state index is -0.398. The molecule has 7 rings (SSSR count). The lowest BCUT2D eigenvalue weighted by atomic mass is 9.48. The van der Waals surface area contributed by atoms with Crippen LogP contribution in [0.25, 0.3) is 0 Å². The standard InChI is InChI=1S/C19H20O6/c20-12-5-10-7-1-2-8(15(10)18(22)24-12)9-3-6-4-11-16(13(6)14(7)9)19(23)25-17(11)21/h6-11,13-16H,1-5H2. The van der Waals surface area contributed by atoms with Crippen molar-refractivity contribution in [1.29, 1.82) is 0 Å². The Morgan fingerprint density at radius 2 is 1.44 bits per heavy atom. The van der Waals surface area contributed by atoms with Crippen LogP contribution < -0.4 is 0 Å². The van der Waals surface area contributed by atoms with Crippen LogP contribution in [-0.2, 0) is 28.7 Å². The second-order valence-electron chi connectivity index (χ2n) is 9.01. The van der Waals surface area contributed by atoms with E-state index in [1.807, 2.05) is 0 Å². The molecule has 10 unspecified atom stereocenters. The fourth-order valence-corrected chi connectivity index (χ4v) is 8.02. The number of fused-ring (bicyclic) bond motifs is 4. The molecule has 2 heterocycles. The van der Waals surface area contributed by atoms with E-state index >= 15 is 0 Å². The van der Waals surface area contributed by atoms with Crippen molar-refractivity contribution in [2.45, 2.75) is 32.1 Å². The van der Waals surface area contributed by atoms with E-state index in [1.54, 1.807) is 0 Å². The third kappa shape index (κ3) is 1.62. The molecule has 5 aliphatic carbocycles. The second-order valence-corrected chi connectivity index (χ2v) is 9.01. The van der Waals surface area contributed by atoms with Gasteiger partial charge in [0.25, 0.3) is 0 Å². The zero-order valence-electron chi connectivity index (χ0n) is 13.8. The van der Waals surface area contributed by atoms with Gasteiger partial charge in [0.1, 0.15) is 0 Å². The zero-order valence-corrected chi connectivity index (χ0v) is 13.8. The van der Waals surface area contributed by atoms with Crippen LogP contribution in [0.3, 0.4) is 0 Å². The van der Waals surface area contributed by atoms with Crippen LogP contribution in [0, 0.1) is 59.2 Å². The highest BCUT2D eigenvalue weighted by molar-refractivity contribution is 5.97. The topological polar surface area (TPSA) is 86.7 Å². The number of carbonyl (C=O) groups is 4. The zero-order chi connectivity index (χ0) is 17.0. The maximum Gasteiger partial charge on any atom is 0.317 e. The molecule has 0 spiro atoms. The molecule has 5 saturated carbocycles. The van der Waals surface area contributed by atoms with Crippen LogP contribution in [0.2, 0.25) is 0 Å². The van der Waals surface area contributed by atoms with Gasteiger partial charge < -0.3 is 9.47 Å². The molecule has 0 amide bonds. The first kappa shape index (κ1) is 14.4. The van der Waals surface area contributed by atoms with Gasteiger partial charge in [-0.25, -0.2) is 0 Å². The highest BCUT2D eigenvalue weighted by Crippen LogP contribution is 2.69. The lowest BCUT2D eigenvalue weighted by Crippen LogP contribution is -2.56. The lowest BCUT2D eigenvalue weighted by Gasteiger charge is -2.56. The minimum Gasteiger partial charge on any atom is -0.393 e. The van der Waals surface area contributed by atoms with Crippen molar-refractivity contribution in [3.63, 3.8) is 0 Å². The molecule has 0 radical (unpaired) electrons. The van der Waals surface area contributed by atoms with Crippen molar-refractivity contribution < 1.29 is 28.7 Å². The van der Waals surface area contributed by atoms with Crippen molar-refractivity contribution >= 4 is 23.9 Å². The van der Waals surface area contributed by atoms with Gasteiger partial charge in [0, 0.05) is 6.42 Å². The number of esters is 4. The Balaban J connectivity index is 1.40.